The summed E-state index contributed by atoms with van der Waals surface area (Å²) >= 11 is 0. The van der Waals surface area contributed by atoms with Gasteiger partial charge >= 0.3 is 0 Å². The second-order valence-electron chi connectivity index (χ2n) is 5.46. The molecule has 0 N–H and O–H groups in total. The summed E-state index contributed by atoms with van der Waals surface area (Å²) in [7, 11) is 0. The molecule has 0 aliphatic carbocycles. The van der Waals surface area contributed by atoms with Gasteiger partial charge in [-0.25, -0.2) is 4.39 Å². The smallest absolute Gasteiger partial charge is 0.144 e. The topological polar surface area (TPSA) is 12.5 Å². The first-order valence-electron chi connectivity index (χ1n) is 5.29. The number of hydrogen-bond acceptors (Lipinski definition) is 2. The fourth-order valence-electron chi connectivity index (χ4n) is 1.77. The molecule has 1 aliphatic rings. The first-order valence-corrected chi connectivity index (χ1v) is 5.29. The third kappa shape index (κ3) is 3.21. The van der Waals surface area contributed by atoms with Crippen molar-refractivity contribution in [2.45, 2.75) is 51.9 Å². The molecule has 0 radical (unpaired) electrons. The van der Waals surface area contributed by atoms with Crippen molar-refractivity contribution in [3.8, 4) is 0 Å². The van der Waals surface area contributed by atoms with E-state index in [-0.39, 0.29) is 12.2 Å². The Labute approximate surface area is 86.4 Å². The molecule has 0 amide bonds. The molecule has 1 fully saturated rings. The molecule has 0 unspecified atom stereocenters. The number of ether oxygens (including phenoxy) is 1. The van der Waals surface area contributed by atoms with Gasteiger partial charge in [-0.1, -0.05) is 0 Å². The van der Waals surface area contributed by atoms with E-state index in [0.29, 0.717) is 12.6 Å². The van der Waals surface area contributed by atoms with E-state index in [2.05, 4.69) is 18.7 Å². The van der Waals surface area contributed by atoms with Crippen molar-refractivity contribution in [3.05, 3.63) is 0 Å². The van der Waals surface area contributed by atoms with Crippen LogP contribution in [0, 0.1) is 0 Å². The van der Waals surface area contributed by atoms with E-state index in [1.165, 1.54) is 0 Å². The Morgan fingerprint density at radius 2 is 1.79 bits per heavy atom. The van der Waals surface area contributed by atoms with Crippen LogP contribution in [0.2, 0.25) is 0 Å². The SMILES string of the molecule is CC(C)N1CC(C)(C)OC[C@@](C)(F)C1. The van der Waals surface area contributed by atoms with Crippen LogP contribution in [-0.2, 0) is 4.74 Å². The van der Waals surface area contributed by atoms with E-state index in [1.54, 1.807) is 6.92 Å². The zero-order chi connectivity index (χ0) is 11.0. The van der Waals surface area contributed by atoms with Crippen LogP contribution in [0.15, 0.2) is 0 Å². The molecule has 0 aromatic heterocycles. The summed E-state index contributed by atoms with van der Waals surface area (Å²) in [6, 6.07) is 0.367. The third-order valence-electron chi connectivity index (χ3n) is 2.61. The van der Waals surface area contributed by atoms with Crippen molar-refractivity contribution >= 4 is 0 Å². The Bertz CT molecular complexity index is 183. The molecule has 14 heavy (non-hydrogen) atoms. The van der Waals surface area contributed by atoms with Gasteiger partial charge in [0.15, 0.2) is 0 Å². The van der Waals surface area contributed by atoms with Crippen molar-refractivity contribution in [1.29, 1.82) is 0 Å². The molecule has 0 aromatic rings. The van der Waals surface area contributed by atoms with Crippen LogP contribution in [0.5, 0.6) is 0 Å². The highest BCUT2D eigenvalue weighted by atomic mass is 19.1. The normalized spacial score (nSPS) is 34.5. The van der Waals surface area contributed by atoms with Gasteiger partial charge in [-0.3, -0.25) is 4.90 Å². The lowest BCUT2D eigenvalue weighted by atomic mass is 10.1. The average molecular weight is 203 g/mol. The fraction of sp³-hybridized carbons (Fsp3) is 1.00. The van der Waals surface area contributed by atoms with E-state index in [1.807, 2.05) is 13.8 Å². The second-order valence-corrected chi connectivity index (χ2v) is 5.46. The van der Waals surface area contributed by atoms with Gasteiger partial charge in [0.2, 0.25) is 0 Å². The molecule has 84 valence electrons. The summed E-state index contributed by atoms with van der Waals surface area (Å²) in [4.78, 5) is 2.15. The van der Waals surface area contributed by atoms with Crippen LogP contribution in [-0.4, -0.2) is 41.9 Å². The molecular formula is C11H22FNO. The van der Waals surface area contributed by atoms with Gasteiger partial charge in [-0.05, 0) is 34.6 Å². The van der Waals surface area contributed by atoms with E-state index >= 15 is 0 Å². The summed E-state index contributed by atoms with van der Waals surface area (Å²) in [5.74, 6) is 0. The molecule has 3 heteroatoms. The third-order valence-corrected chi connectivity index (χ3v) is 2.61. The number of halogens is 1. The van der Waals surface area contributed by atoms with Gasteiger partial charge in [0.05, 0.1) is 12.2 Å². The number of hydrogen-bond donors (Lipinski definition) is 0. The molecule has 0 aromatic carbocycles. The van der Waals surface area contributed by atoms with E-state index < -0.39 is 5.67 Å². The average Bonchev–Trinajstić information content (AvgIpc) is 2.08. The first kappa shape index (κ1) is 11.9. The lowest BCUT2D eigenvalue weighted by Gasteiger charge is -2.32. The van der Waals surface area contributed by atoms with E-state index in [0.717, 1.165) is 6.54 Å². The Balaban J connectivity index is 2.76. The van der Waals surface area contributed by atoms with Crippen LogP contribution in [0.3, 0.4) is 0 Å². The van der Waals surface area contributed by atoms with Crippen molar-refractivity contribution in [2.75, 3.05) is 19.7 Å². The maximum Gasteiger partial charge on any atom is 0.144 e. The van der Waals surface area contributed by atoms with Crippen molar-refractivity contribution in [3.63, 3.8) is 0 Å². The minimum absolute atomic E-state index is 0.198. The monoisotopic (exact) mass is 203 g/mol. The van der Waals surface area contributed by atoms with Gasteiger partial charge in [-0.15, -0.1) is 0 Å². The summed E-state index contributed by atoms with van der Waals surface area (Å²) in [5.41, 5.74) is -1.47. The standard InChI is InChI=1S/C11H22FNO/c1-9(2)13-6-10(3,4)14-8-11(5,12)7-13/h9H,6-8H2,1-5H3/t11-/m0/s1. The Morgan fingerprint density at radius 1 is 1.21 bits per heavy atom. The van der Waals surface area contributed by atoms with E-state index in [9.17, 15) is 4.39 Å². The molecule has 1 saturated heterocycles. The largest absolute Gasteiger partial charge is 0.371 e. The molecule has 0 spiro atoms. The summed E-state index contributed by atoms with van der Waals surface area (Å²) in [6.45, 7) is 11.3. The summed E-state index contributed by atoms with van der Waals surface area (Å²) in [5, 5.41) is 0. The highest BCUT2D eigenvalue weighted by Gasteiger charge is 2.37. The molecule has 0 saturated carbocycles. The predicted molar refractivity (Wildman–Crippen MR) is 56.3 cm³/mol. The molecule has 1 atom stereocenters. The second kappa shape index (κ2) is 3.78. The fourth-order valence-corrected chi connectivity index (χ4v) is 1.77. The Kier molecular flexibility index (Phi) is 3.22. The predicted octanol–water partition coefficient (Wildman–Crippen LogP) is 2.23. The van der Waals surface area contributed by atoms with Gasteiger partial charge in [0, 0.05) is 19.1 Å². The molecule has 1 rings (SSSR count). The van der Waals surface area contributed by atoms with Gasteiger partial charge < -0.3 is 4.74 Å². The van der Waals surface area contributed by atoms with Crippen LogP contribution < -0.4 is 0 Å². The van der Waals surface area contributed by atoms with Crippen LogP contribution >= 0.6 is 0 Å². The van der Waals surface area contributed by atoms with Crippen molar-refractivity contribution in [1.82, 2.24) is 4.90 Å². The molecule has 1 aliphatic heterocycles. The van der Waals surface area contributed by atoms with Gasteiger partial charge in [0.1, 0.15) is 5.67 Å². The molecule has 1 heterocycles. The van der Waals surface area contributed by atoms with Crippen molar-refractivity contribution in [2.24, 2.45) is 0 Å². The zero-order valence-electron chi connectivity index (χ0n) is 9.93. The Hall–Kier alpha value is -0.150. The lowest BCUT2D eigenvalue weighted by Crippen LogP contribution is -2.44. The highest BCUT2D eigenvalue weighted by Crippen LogP contribution is 2.25. The van der Waals surface area contributed by atoms with Gasteiger partial charge in [0.25, 0.3) is 0 Å². The zero-order valence-corrected chi connectivity index (χ0v) is 9.93. The van der Waals surface area contributed by atoms with Crippen LogP contribution in [0.4, 0.5) is 4.39 Å². The van der Waals surface area contributed by atoms with Crippen molar-refractivity contribution < 1.29 is 9.13 Å². The first-order chi connectivity index (χ1) is 6.22. The van der Waals surface area contributed by atoms with Gasteiger partial charge in [-0.2, -0.15) is 0 Å². The molecular weight excluding hydrogens is 181 g/mol. The van der Waals surface area contributed by atoms with Crippen LogP contribution in [0.25, 0.3) is 0 Å². The highest BCUT2D eigenvalue weighted by molar-refractivity contribution is 4.88. The molecule has 0 bridgehead atoms. The number of rotatable bonds is 1. The minimum Gasteiger partial charge on any atom is -0.371 e. The minimum atomic E-state index is -1.22. The molecule has 2 nitrogen and oxygen atoms in total. The number of nitrogens with zero attached hydrogens (tertiary/aromatic N) is 1. The quantitative estimate of drug-likeness (QED) is 0.648. The summed E-state index contributed by atoms with van der Waals surface area (Å²) in [6.07, 6.45) is 0. The number of alkyl halides is 1. The maximum atomic E-state index is 13.9. The van der Waals surface area contributed by atoms with Crippen LogP contribution in [0.1, 0.15) is 34.6 Å². The summed E-state index contributed by atoms with van der Waals surface area (Å²) < 4.78 is 19.5. The Morgan fingerprint density at radius 3 is 2.29 bits per heavy atom. The lowest BCUT2D eigenvalue weighted by molar-refractivity contribution is -0.0473. The van der Waals surface area contributed by atoms with E-state index in [4.69, 9.17) is 4.74 Å². The maximum absolute atomic E-state index is 13.9.